The van der Waals surface area contributed by atoms with Crippen molar-refractivity contribution >= 4 is 0 Å². The molecule has 0 radical (unpaired) electrons. The Hall–Kier alpha value is -0.0800. The van der Waals surface area contributed by atoms with E-state index in [1.807, 2.05) is 0 Å². The van der Waals surface area contributed by atoms with Crippen molar-refractivity contribution in [3.63, 3.8) is 0 Å². The first-order chi connectivity index (χ1) is 6.60. The van der Waals surface area contributed by atoms with E-state index in [1.165, 1.54) is 25.7 Å². The standard InChI is InChI=1S/C12H21NO/c1-11(2)7-13-8-12(14-11)6-9-3-4-10(12)5-9/h9-10,13H,3-8H2,1-2H3/t9-,10+,12-/m0/s1. The third kappa shape index (κ3) is 1.24. The molecule has 2 aliphatic carbocycles. The zero-order chi connectivity index (χ0) is 9.81. The highest BCUT2D eigenvalue weighted by Crippen LogP contribution is 2.54. The summed E-state index contributed by atoms with van der Waals surface area (Å²) in [5.41, 5.74) is 0.257. The lowest BCUT2D eigenvalue weighted by Gasteiger charge is -2.48. The van der Waals surface area contributed by atoms with Gasteiger partial charge in [-0.15, -0.1) is 0 Å². The third-order valence-electron chi connectivity index (χ3n) is 4.37. The lowest BCUT2D eigenvalue weighted by Crippen LogP contribution is -2.60. The smallest absolute Gasteiger partial charge is 0.0844 e. The molecule has 14 heavy (non-hydrogen) atoms. The molecule has 1 saturated heterocycles. The van der Waals surface area contributed by atoms with Crippen LogP contribution in [0.1, 0.15) is 39.5 Å². The van der Waals surface area contributed by atoms with Gasteiger partial charge in [-0.3, -0.25) is 0 Å². The molecule has 0 aromatic carbocycles. The number of ether oxygens (including phenoxy) is 1. The normalized spacial score (nSPS) is 50.1. The molecule has 0 aromatic rings. The van der Waals surface area contributed by atoms with Crippen molar-refractivity contribution in [2.75, 3.05) is 13.1 Å². The van der Waals surface area contributed by atoms with Gasteiger partial charge < -0.3 is 10.1 Å². The molecule has 80 valence electrons. The summed E-state index contributed by atoms with van der Waals surface area (Å²) < 4.78 is 6.39. The Morgan fingerprint density at radius 3 is 2.64 bits per heavy atom. The summed E-state index contributed by atoms with van der Waals surface area (Å²) in [5, 5.41) is 3.57. The predicted octanol–water partition coefficient (Wildman–Crippen LogP) is 1.94. The zero-order valence-electron chi connectivity index (χ0n) is 9.31. The molecule has 0 amide bonds. The Morgan fingerprint density at radius 1 is 1.21 bits per heavy atom. The quantitative estimate of drug-likeness (QED) is 0.638. The van der Waals surface area contributed by atoms with Gasteiger partial charge in [-0.25, -0.2) is 0 Å². The molecule has 2 nitrogen and oxygen atoms in total. The molecule has 2 heteroatoms. The molecule has 1 N–H and O–H groups in total. The van der Waals surface area contributed by atoms with Crippen LogP contribution in [0.2, 0.25) is 0 Å². The van der Waals surface area contributed by atoms with Gasteiger partial charge in [0.1, 0.15) is 0 Å². The summed E-state index contributed by atoms with van der Waals surface area (Å²) >= 11 is 0. The number of hydrogen-bond acceptors (Lipinski definition) is 2. The molecule has 3 atom stereocenters. The van der Waals surface area contributed by atoms with Crippen LogP contribution in [-0.4, -0.2) is 24.3 Å². The predicted molar refractivity (Wildman–Crippen MR) is 56.2 cm³/mol. The zero-order valence-corrected chi connectivity index (χ0v) is 9.31. The first kappa shape index (κ1) is 9.17. The van der Waals surface area contributed by atoms with E-state index in [0.717, 1.165) is 24.9 Å². The van der Waals surface area contributed by atoms with Crippen LogP contribution < -0.4 is 5.32 Å². The van der Waals surface area contributed by atoms with Crippen LogP contribution in [0.5, 0.6) is 0 Å². The monoisotopic (exact) mass is 195 g/mol. The van der Waals surface area contributed by atoms with Crippen molar-refractivity contribution in [3.8, 4) is 0 Å². The molecule has 3 rings (SSSR count). The molecule has 1 spiro atoms. The Bertz CT molecular complexity index is 251. The minimum Gasteiger partial charge on any atom is -0.366 e. The van der Waals surface area contributed by atoms with Crippen molar-refractivity contribution in [1.82, 2.24) is 5.32 Å². The Kier molecular flexibility index (Phi) is 1.79. The van der Waals surface area contributed by atoms with Crippen molar-refractivity contribution in [3.05, 3.63) is 0 Å². The highest BCUT2D eigenvalue weighted by molar-refractivity contribution is 5.06. The Balaban J connectivity index is 1.83. The van der Waals surface area contributed by atoms with Gasteiger partial charge in [0.2, 0.25) is 0 Å². The molecule has 1 heterocycles. The van der Waals surface area contributed by atoms with E-state index >= 15 is 0 Å². The Morgan fingerprint density at radius 2 is 2.07 bits per heavy atom. The topological polar surface area (TPSA) is 21.3 Å². The number of fused-ring (bicyclic) bond motifs is 3. The van der Waals surface area contributed by atoms with Crippen LogP contribution in [0.3, 0.4) is 0 Å². The van der Waals surface area contributed by atoms with Crippen LogP contribution in [0, 0.1) is 11.8 Å². The first-order valence-electron chi connectivity index (χ1n) is 6.01. The van der Waals surface area contributed by atoms with Crippen molar-refractivity contribution < 1.29 is 4.74 Å². The van der Waals surface area contributed by atoms with Crippen LogP contribution in [0.25, 0.3) is 0 Å². The molecular weight excluding hydrogens is 174 g/mol. The second-order valence-corrected chi connectivity index (χ2v) is 6.11. The second kappa shape index (κ2) is 2.73. The molecule has 2 bridgehead atoms. The van der Waals surface area contributed by atoms with Crippen molar-refractivity contribution in [2.45, 2.75) is 50.7 Å². The SMILES string of the molecule is CC1(C)CNC[C@]2(C[C@H]3CC[C@@H]2C3)O1. The third-order valence-corrected chi connectivity index (χ3v) is 4.37. The summed E-state index contributed by atoms with van der Waals surface area (Å²) in [4.78, 5) is 0. The van der Waals surface area contributed by atoms with E-state index in [1.54, 1.807) is 0 Å². The molecule has 1 aliphatic heterocycles. The number of rotatable bonds is 0. The highest BCUT2D eigenvalue weighted by atomic mass is 16.5. The molecule has 0 aromatic heterocycles. The van der Waals surface area contributed by atoms with Gasteiger partial charge in [0.05, 0.1) is 11.2 Å². The van der Waals surface area contributed by atoms with E-state index in [4.69, 9.17) is 4.74 Å². The Labute approximate surface area is 86.4 Å². The highest BCUT2D eigenvalue weighted by Gasteiger charge is 2.55. The van der Waals surface area contributed by atoms with Crippen LogP contribution in [0.4, 0.5) is 0 Å². The molecule has 2 saturated carbocycles. The van der Waals surface area contributed by atoms with Gasteiger partial charge in [-0.1, -0.05) is 0 Å². The lowest BCUT2D eigenvalue weighted by molar-refractivity contribution is -0.184. The van der Waals surface area contributed by atoms with Crippen LogP contribution in [0.15, 0.2) is 0 Å². The summed E-state index contributed by atoms with van der Waals surface area (Å²) in [5.74, 6) is 1.82. The minimum absolute atomic E-state index is 0.0444. The minimum atomic E-state index is 0.0444. The van der Waals surface area contributed by atoms with E-state index in [0.29, 0.717) is 0 Å². The fraction of sp³-hybridized carbons (Fsp3) is 1.00. The van der Waals surface area contributed by atoms with E-state index in [9.17, 15) is 0 Å². The van der Waals surface area contributed by atoms with Gasteiger partial charge in [0.15, 0.2) is 0 Å². The molecule has 3 fully saturated rings. The number of nitrogens with one attached hydrogen (secondary N) is 1. The largest absolute Gasteiger partial charge is 0.366 e. The average Bonchev–Trinajstić information content (AvgIpc) is 2.60. The second-order valence-electron chi connectivity index (χ2n) is 6.11. The average molecular weight is 195 g/mol. The maximum atomic E-state index is 6.39. The number of hydrogen-bond donors (Lipinski definition) is 1. The summed E-state index contributed by atoms with van der Waals surface area (Å²) in [6.07, 6.45) is 5.60. The van der Waals surface area contributed by atoms with Gasteiger partial charge in [0.25, 0.3) is 0 Å². The fourth-order valence-corrected chi connectivity index (χ4v) is 3.93. The molecule has 0 unspecified atom stereocenters. The maximum absolute atomic E-state index is 6.39. The summed E-state index contributed by atoms with van der Waals surface area (Å²) in [6, 6.07) is 0. The van der Waals surface area contributed by atoms with Gasteiger partial charge >= 0.3 is 0 Å². The van der Waals surface area contributed by atoms with Crippen LogP contribution in [-0.2, 0) is 4.74 Å². The summed E-state index contributed by atoms with van der Waals surface area (Å²) in [6.45, 7) is 6.53. The van der Waals surface area contributed by atoms with E-state index < -0.39 is 0 Å². The maximum Gasteiger partial charge on any atom is 0.0844 e. The summed E-state index contributed by atoms with van der Waals surface area (Å²) in [7, 11) is 0. The van der Waals surface area contributed by atoms with Crippen molar-refractivity contribution in [2.24, 2.45) is 11.8 Å². The number of morpholine rings is 1. The molecular formula is C12H21NO. The van der Waals surface area contributed by atoms with Gasteiger partial charge in [-0.05, 0) is 51.4 Å². The van der Waals surface area contributed by atoms with E-state index in [2.05, 4.69) is 19.2 Å². The van der Waals surface area contributed by atoms with Gasteiger partial charge in [-0.2, -0.15) is 0 Å². The van der Waals surface area contributed by atoms with Gasteiger partial charge in [0, 0.05) is 13.1 Å². The van der Waals surface area contributed by atoms with Crippen molar-refractivity contribution in [1.29, 1.82) is 0 Å². The lowest BCUT2D eigenvalue weighted by atomic mass is 9.82. The molecule has 3 aliphatic rings. The fourth-order valence-electron chi connectivity index (χ4n) is 3.93. The van der Waals surface area contributed by atoms with E-state index in [-0.39, 0.29) is 11.2 Å². The van der Waals surface area contributed by atoms with Crippen LogP contribution >= 0.6 is 0 Å². The first-order valence-corrected chi connectivity index (χ1v) is 6.01.